The van der Waals surface area contributed by atoms with Crippen LogP contribution in [0.15, 0.2) is 99.7 Å². The third-order valence-corrected chi connectivity index (χ3v) is 13.6. The highest BCUT2D eigenvalue weighted by molar-refractivity contribution is 7.99. The smallest absolute Gasteiger partial charge is 0.261 e. The molecule has 2 aromatic carbocycles. The Kier molecular flexibility index (Phi) is 9.48. The fourth-order valence-corrected chi connectivity index (χ4v) is 10.3. The number of amides is 2. The summed E-state index contributed by atoms with van der Waals surface area (Å²) in [6, 6.07) is 18.1. The summed E-state index contributed by atoms with van der Waals surface area (Å²) in [4.78, 5) is 42.2. The van der Waals surface area contributed by atoms with Gasteiger partial charge in [-0.05, 0) is 66.8 Å². The summed E-state index contributed by atoms with van der Waals surface area (Å²) in [6.07, 6.45) is 4.68. The number of halogens is 1. The molecule has 52 heavy (non-hydrogen) atoms. The highest BCUT2D eigenvalue weighted by atomic mass is 32.2. The zero-order valence-corrected chi connectivity index (χ0v) is 30.5. The number of aromatic nitrogens is 3. The first-order chi connectivity index (χ1) is 25.2. The quantitative estimate of drug-likeness (QED) is 0.130. The molecule has 1 N–H and O–H groups in total. The van der Waals surface area contributed by atoms with Gasteiger partial charge in [0.15, 0.2) is 16.7 Å². The van der Waals surface area contributed by atoms with E-state index >= 15 is 0 Å². The summed E-state index contributed by atoms with van der Waals surface area (Å²) < 4.78 is 48.8. The number of ether oxygens (including phenoxy) is 1. The predicted molar refractivity (Wildman–Crippen MR) is 199 cm³/mol. The van der Waals surface area contributed by atoms with E-state index in [4.69, 9.17) is 9.72 Å². The van der Waals surface area contributed by atoms with Crippen molar-refractivity contribution in [2.24, 2.45) is 0 Å². The first kappa shape index (κ1) is 34.4. The van der Waals surface area contributed by atoms with Crippen LogP contribution in [0.25, 0.3) is 10.2 Å². The lowest BCUT2D eigenvalue weighted by molar-refractivity contribution is 0.0663. The van der Waals surface area contributed by atoms with E-state index in [0.717, 1.165) is 30.6 Å². The number of thiazole rings is 1. The Morgan fingerprint density at radius 1 is 0.962 bits per heavy atom. The second-order valence-electron chi connectivity index (χ2n) is 12.1. The Balaban J connectivity index is 0.925. The van der Waals surface area contributed by atoms with Gasteiger partial charge in [-0.1, -0.05) is 23.9 Å². The van der Waals surface area contributed by atoms with Crippen LogP contribution in [0.3, 0.4) is 0 Å². The monoisotopic (exact) mass is 772 g/mol. The number of nitrogens with one attached hydrogen (secondary N) is 1. The highest BCUT2D eigenvalue weighted by Gasteiger charge is 2.37. The van der Waals surface area contributed by atoms with Crippen LogP contribution >= 0.6 is 34.4 Å². The Morgan fingerprint density at radius 3 is 2.46 bits per heavy atom. The maximum atomic E-state index is 13.6. The molecule has 1 saturated heterocycles. The lowest BCUT2D eigenvalue weighted by atomic mass is 9.95. The van der Waals surface area contributed by atoms with Crippen molar-refractivity contribution < 1.29 is 27.1 Å². The van der Waals surface area contributed by atoms with E-state index < -0.39 is 21.8 Å². The van der Waals surface area contributed by atoms with Crippen molar-refractivity contribution in [1.82, 2.24) is 24.2 Å². The minimum absolute atomic E-state index is 0.0469. The van der Waals surface area contributed by atoms with E-state index in [2.05, 4.69) is 15.3 Å². The van der Waals surface area contributed by atoms with E-state index in [-0.39, 0.29) is 24.0 Å². The van der Waals surface area contributed by atoms with Crippen LogP contribution in [0, 0.1) is 5.82 Å². The number of thiophene rings is 1. The van der Waals surface area contributed by atoms with E-state index in [9.17, 15) is 22.4 Å². The highest BCUT2D eigenvalue weighted by Crippen LogP contribution is 2.40. The zero-order valence-electron chi connectivity index (χ0n) is 27.3. The van der Waals surface area contributed by atoms with Crippen molar-refractivity contribution in [3.05, 3.63) is 113 Å². The average molecular weight is 773 g/mol. The third kappa shape index (κ3) is 7.04. The number of piperidine rings is 1. The molecule has 0 unspecified atom stereocenters. The molecular weight excluding hydrogens is 744 g/mol. The van der Waals surface area contributed by atoms with Crippen LogP contribution < -0.4 is 10.1 Å². The van der Waals surface area contributed by atoms with Crippen LogP contribution in [-0.4, -0.2) is 69.8 Å². The molecule has 0 atom stereocenters. The van der Waals surface area contributed by atoms with Crippen LogP contribution in [0.1, 0.15) is 45.2 Å². The summed E-state index contributed by atoms with van der Waals surface area (Å²) in [5.74, 6) is -0.270. The number of fused-ring (bicyclic) bond motifs is 2. The Labute approximate surface area is 310 Å². The number of hydrogen-bond donors (Lipinski definition) is 1. The van der Waals surface area contributed by atoms with Gasteiger partial charge in [-0.25, -0.2) is 27.1 Å². The van der Waals surface area contributed by atoms with Crippen molar-refractivity contribution in [1.29, 1.82) is 0 Å². The number of rotatable bonds is 11. The minimum Gasteiger partial charge on any atom is -0.453 e. The minimum atomic E-state index is -3.70. The molecule has 0 aliphatic carbocycles. The van der Waals surface area contributed by atoms with E-state index in [1.807, 2.05) is 29.0 Å². The molecule has 2 aliphatic heterocycles. The van der Waals surface area contributed by atoms with Crippen LogP contribution in [0.5, 0.6) is 11.5 Å². The molecule has 16 heteroatoms. The third-order valence-electron chi connectivity index (χ3n) is 8.87. The van der Waals surface area contributed by atoms with Gasteiger partial charge >= 0.3 is 0 Å². The molecule has 11 nitrogen and oxygen atoms in total. The Bertz CT molecular complexity index is 2380. The van der Waals surface area contributed by atoms with Gasteiger partial charge in [-0.3, -0.25) is 19.5 Å². The molecule has 0 bridgehead atoms. The largest absolute Gasteiger partial charge is 0.453 e. The normalized spacial score (nSPS) is 15.4. The fourth-order valence-electron chi connectivity index (χ4n) is 6.18. The number of pyridine rings is 2. The second kappa shape index (κ2) is 14.4. The van der Waals surface area contributed by atoms with Crippen LogP contribution in [-0.2, 0) is 10.0 Å². The predicted octanol–water partition coefficient (Wildman–Crippen LogP) is 7.78. The Hall–Kier alpha value is -4.74. The number of nitrogens with zero attached hydrogens (tertiary/aromatic N) is 5. The van der Waals surface area contributed by atoms with E-state index in [1.165, 1.54) is 27.8 Å². The average Bonchev–Trinajstić information content (AvgIpc) is 3.89. The fraction of sp³-hybridized carbons (Fsp3) is 0.194. The molecular formula is C36H29FN6O5S4. The van der Waals surface area contributed by atoms with Gasteiger partial charge in [0.2, 0.25) is 10.0 Å². The van der Waals surface area contributed by atoms with Gasteiger partial charge in [-0.15, -0.1) is 22.7 Å². The number of hydrogen-bond acceptors (Lipinski definition) is 12. The maximum absolute atomic E-state index is 13.6. The lowest BCUT2D eigenvalue weighted by Gasteiger charge is -2.30. The van der Waals surface area contributed by atoms with Crippen molar-refractivity contribution in [2.75, 3.05) is 30.7 Å². The van der Waals surface area contributed by atoms with Crippen LogP contribution in [0.2, 0.25) is 0 Å². The van der Waals surface area contributed by atoms with Gasteiger partial charge in [0.1, 0.15) is 11.6 Å². The van der Waals surface area contributed by atoms with Gasteiger partial charge in [0.25, 0.3) is 11.8 Å². The summed E-state index contributed by atoms with van der Waals surface area (Å²) >= 11 is 4.57. The maximum Gasteiger partial charge on any atom is 0.261 e. The number of carbonyl (C=O) groups excluding carboxylic acids is 2. The molecule has 6 aromatic rings. The zero-order chi connectivity index (χ0) is 35.8. The molecule has 8 rings (SSSR count). The number of benzene rings is 2. The van der Waals surface area contributed by atoms with Crippen molar-refractivity contribution in [2.45, 2.75) is 28.6 Å². The summed E-state index contributed by atoms with van der Waals surface area (Å²) in [5.41, 5.74) is 2.37. The molecule has 6 heterocycles. The van der Waals surface area contributed by atoms with Gasteiger partial charge < -0.3 is 10.1 Å². The van der Waals surface area contributed by atoms with Gasteiger partial charge in [0.05, 0.1) is 32.8 Å². The van der Waals surface area contributed by atoms with Crippen molar-refractivity contribution in [3.63, 3.8) is 0 Å². The SMILES string of the molecule is O=C1c2ccccc2C(=O)N1CCS(=O)(=O)N1CCC(c2csc(Nc3ncc(Sc4ccnc5ccsc45)cc3Oc3ccc(F)cc3)n2)CC1. The van der Waals surface area contributed by atoms with Gasteiger partial charge in [-0.2, -0.15) is 0 Å². The first-order valence-electron chi connectivity index (χ1n) is 16.3. The van der Waals surface area contributed by atoms with Crippen LogP contribution in [0.4, 0.5) is 15.3 Å². The summed E-state index contributed by atoms with van der Waals surface area (Å²) in [5, 5.41) is 7.84. The molecule has 1 fully saturated rings. The molecule has 4 aromatic heterocycles. The lowest BCUT2D eigenvalue weighted by Crippen LogP contribution is -2.42. The van der Waals surface area contributed by atoms with E-state index in [1.54, 1.807) is 71.9 Å². The number of carbonyl (C=O) groups is 2. The molecule has 264 valence electrons. The summed E-state index contributed by atoms with van der Waals surface area (Å²) in [6.45, 7) is 0.417. The molecule has 2 amide bonds. The summed E-state index contributed by atoms with van der Waals surface area (Å²) in [7, 11) is -3.70. The Morgan fingerprint density at radius 2 is 1.71 bits per heavy atom. The van der Waals surface area contributed by atoms with Gasteiger partial charge in [0, 0.05) is 59.2 Å². The van der Waals surface area contributed by atoms with E-state index in [0.29, 0.717) is 59.5 Å². The number of sulfonamides is 1. The second-order valence-corrected chi connectivity index (χ2v) is 17.1. The molecule has 2 aliphatic rings. The van der Waals surface area contributed by atoms with Crippen molar-refractivity contribution >= 4 is 77.4 Å². The first-order valence-corrected chi connectivity index (χ1v) is 20.5. The molecule has 0 radical (unpaired) electrons. The topological polar surface area (TPSA) is 135 Å². The standard InChI is InChI=1S/C36H29FN6O5S4/c37-23-5-7-24(8-6-23)48-30-19-25(51-31-9-13-38-28-12-17-49-32(28)31)20-39-33(30)41-36-40-29(21-50-36)22-10-14-42(15-11-22)52(46,47)18-16-43-34(44)26-3-1-2-4-27(26)35(43)45/h1-9,12-13,17,19-22H,10-11,14-16,18H2,(H,39,40,41). The molecule has 0 saturated carbocycles. The number of anilines is 2. The molecule has 0 spiro atoms. The van der Waals surface area contributed by atoms with Crippen molar-refractivity contribution in [3.8, 4) is 11.5 Å². The number of imide groups is 1.